The van der Waals surface area contributed by atoms with Gasteiger partial charge in [0.15, 0.2) is 0 Å². The Balaban J connectivity index is 2.23. The monoisotopic (exact) mass is 294 g/mol. The minimum Gasteiger partial charge on any atom is -0.346 e. The molecule has 2 N–H and O–H groups in total. The van der Waals surface area contributed by atoms with Crippen LogP contribution in [0.3, 0.4) is 0 Å². The van der Waals surface area contributed by atoms with Crippen molar-refractivity contribution < 1.29 is 9.72 Å². The van der Waals surface area contributed by atoms with Crippen LogP contribution in [0.4, 0.5) is 5.69 Å². The molecule has 0 aliphatic carbocycles. The van der Waals surface area contributed by atoms with Gasteiger partial charge in [-0.25, -0.2) is 0 Å². The van der Waals surface area contributed by atoms with E-state index in [0.29, 0.717) is 5.69 Å². The van der Waals surface area contributed by atoms with E-state index in [9.17, 15) is 14.9 Å². The summed E-state index contributed by atoms with van der Waals surface area (Å²) < 4.78 is 1.65. The summed E-state index contributed by atoms with van der Waals surface area (Å²) in [4.78, 5) is 23.0. The number of nitro groups is 1. The van der Waals surface area contributed by atoms with E-state index in [1.165, 1.54) is 12.3 Å². The zero-order chi connectivity index (χ0) is 15.6. The van der Waals surface area contributed by atoms with Crippen molar-refractivity contribution in [3.05, 3.63) is 28.1 Å². The van der Waals surface area contributed by atoms with Crippen molar-refractivity contribution >= 4 is 11.6 Å². The molecule has 1 saturated heterocycles. The SMILES string of the molecule is CC(C)n1cc([N+](=O)[O-])cc1C(=O)NC1(C)CCNCC1. The molecule has 116 valence electrons. The van der Waals surface area contributed by atoms with Crippen molar-refractivity contribution in [3.8, 4) is 0 Å². The van der Waals surface area contributed by atoms with Crippen LogP contribution in [-0.2, 0) is 0 Å². The Labute approximate surface area is 123 Å². The minimum atomic E-state index is -0.470. The summed E-state index contributed by atoms with van der Waals surface area (Å²) in [5.74, 6) is -0.249. The van der Waals surface area contributed by atoms with Gasteiger partial charge in [0.05, 0.1) is 11.1 Å². The topological polar surface area (TPSA) is 89.2 Å². The Morgan fingerprint density at radius 1 is 1.48 bits per heavy atom. The Kier molecular flexibility index (Phi) is 4.32. The first-order chi connectivity index (χ1) is 9.82. The molecule has 0 aromatic carbocycles. The standard InChI is InChI=1S/C14H22N4O3/c1-10(2)17-9-11(18(20)21)8-12(17)13(19)16-14(3)4-6-15-7-5-14/h8-10,15H,4-7H2,1-3H3,(H,16,19). The van der Waals surface area contributed by atoms with E-state index in [2.05, 4.69) is 10.6 Å². The van der Waals surface area contributed by atoms with Crippen LogP contribution in [-0.4, -0.2) is 34.0 Å². The summed E-state index contributed by atoms with van der Waals surface area (Å²) in [5, 5.41) is 17.2. The third-order valence-corrected chi connectivity index (χ3v) is 3.96. The summed E-state index contributed by atoms with van der Waals surface area (Å²) in [6, 6.07) is 1.33. The molecule has 1 aromatic rings. The largest absolute Gasteiger partial charge is 0.346 e. The highest BCUT2D eigenvalue weighted by Crippen LogP contribution is 2.23. The number of aromatic nitrogens is 1. The summed E-state index contributed by atoms with van der Waals surface area (Å²) in [6.45, 7) is 7.53. The predicted octanol–water partition coefficient (Wildman–Crippen LogP) is 1.85. The highest BCUT2D eigenvalue weighted by atomic mass is 16.6. The zero-order valence-corrected chi connectivity index (χ0v) is 12.7. The first kappa shape index (κ1) is 15.5. The summed E-state index contributed by atoms with van der Waals surface area (Å²) in [6.07, 6.45) is 3.12. The lowest BCUT2D eigenvalue weighted by Crippen LogP contribution is -2.52. The third-order valence-electron chi connectivity index (χ3n) is 3.96. The molecule has 0 spiro atoms. The lowest BCUT2D eigenvalue weighted by atomic mass is 9.90. The fourth-order valence-corrected chi connectivity index (χ4v) is 2.62. The van der Waals surface area contributed by atoms with Gasteiger partial charge in [0.25, 0.3) is 11.6 Å². The van der Waals surface area contributed by atoms with Crippen LogP contribution in [0.2, 0.25) is 0 Å². The Hall–Kier alpha value is -1.89. The number of piperidine rings is 1. The van der Waals surface area contributed by atoms with E-state index in [-0.39, 0.29) is 23.2 Å². The fraction of sp³-hybridized carbons (Fsp3) is 0.643. The third kappa shape index (κ3) is 3.41. The highest BCUT2D eigenvalue weighted by molar-refractivity contribution is 5.94. The molecule has 21 heavy (non-hydrogen) atoms. The van der Waals surface area contributed by atoms with Gasteiger partial charge in [0, 0.05) is 17.6 Å². The van der Waals surface area contributed by atoms with Crippen LogP contribution < -0.4 is 10.6 Å². The van der Waals surface area contributed by atoms with Crippen molar-refractivity contribution in [3.63, 3.8) is 0 Å². The van der Waals surface area contributed by atoms with Crippen molar-refractivity contribution in [2.24, 2.45) is 0 Å². The fourth-order valence-electron chi connectivity index (χ4n) is 2.62. The molecule has 0 atom stereocenters. The number of nitrogens with one attached hydrogen (secondary N) is 2. The van der Waals surface area contributed by atoms with E-state index in [1.54, 1.807) is 4.57 Å². The normalized spacial score (nSPS) is 17.7. The number of carbonyl (C=O) groups is 1. The molecule has 2 heterocycles. The number of nitrogens with zero attached hydrogens (tertiary/aromatic N) is 2. The van der Waals surface area contributed by atoms with Gasteiger partial charge in [-0.15, -0.1) is 0 Å². The molecule has 2 rings (SSSR count). The Morgan fingerprint density at radius 3 is 2.62 bits per heavy atom. The minimum absolute atomic E-state index is 0.0136. The van der Waals surface area contributed by atoms with Gasteiger partial charge in [-0.3, -0.25) is 14.9 Å². The molecule has 0 saturated carbocycles. The van der Waals surface area contributed by atoms with E-state index < -0.39 is 4.92 Å². The predicted molar refractivity (Wildman–Crippen MR) is 79.4 cm³/mol. The molecule has 1 aliphatic heterocycles. The molecular weight excluding hydrogens is 272 g/mol. The maximum absolute atomic E-state index is 12.5. The van der Waals surface area contributed by atoms with Crippen molar-refractivity contribution in [1.82, 2.24) is 15.2 Å². The van der Waals surface area contributed by atoms with Crippen LogP contribution in [0.15, 0.2) is 12.3 Å². The molecule has 7 nitrogen and oxygen atoms in total. The van der Waals surface area contributed by atoms with Crippen LogP contribution in [0, 0.1) is 10.1 Å². The van der Waals surface area contributed by atoms with Crippen LogP contribution >= 0.6 is 0 Å². The van der Waals surface area contributed by atoms with E-state index in [4.69, 9.17) is 0 Å². The average Bonchev–Trinajstić information content (AvgIpc) is 2.84. The lowest BCUT2D eigenvalue weighted by molar-refractivity contribution is -0.384. The van der Waals surface area contributed by atoms with Crippen LogP contribution in [0.1, 0.15) is 50.1 Å². The van der Waals surface area contributed by atoms with Crippen LogP contribution in [0.5, 0.6) is 0 Å². The van der Waals surface area contributed by atoms with Gasteiger partial charge in [0.1, 0.15) is 5.69 Å². The Bertz CT molecular complexity index is 544. The molecule has 0 radical (unpaired) electrons. The van der Waals surface area contributed by atoms with E-state index in [0.717, 1.165) is 25.9 Å². The van der Waals surface area contributed by atoms with Gasteiger partial charge < -0.3 is 15.2 Å². The maximum Gasteiger partial charge on any atom is 0.287 e. The first-order valence-corrected chi connectivity index (χ1v) is 7.22. The second-order valence-electron chi connectivity index (χ2n) is 6.11. The Morgan fingerprint density at radius 2 is 2.10 bits per heavy atom. The number of amides is 1. The molecule has 7 heteroatoms. The maximum atomic E-state index is 12.5. The summed E-state index contributed by atoms with van der Waals surface area (Å²) in [7, 11) is 0. The molecule has 0 unspecified atom stereocenters. The molecule has 1 amide bonds. The van der Waals surface area contributed by atoms with Gasteiger partial charge in [-0.1, -0.05) is 0 Å². The number of hydrogen-bond donors (Lipinski definition) is 2. The number of carbonyl (C=O) groups excluding carboxylic acids is 1. The van der Waals surface area contributed by atoms with Gasteiger partial charge in [0.2, 0.25) is 0 Å². The molecular formula is C14H22N4O3. The first-order valence-electron chi connectivity index (χ1n) is 7.22. The van der Waals surface area contributed by atoms with E-state index >= 15 is 0 Å². The van der Waals surface area contributed by atoms with Crippen molar-refractivity contribution in [1.29, 1.82) is 0 Å². The molecule has 1 aliphatic rings. The second-order valence-corrected chi connectivity index (χ2v) is 6.11. The number of hydrogen-bond acceptors (Lipinski definition) is 4. The van der Waals surface area contributed by atoms with E-state index in [1.807, 2.05) is 20.8 Å². The summed E-state index contributed by atoms with van der Waals surface area (Å²) in [5.41, 5.74) is 0.0317. The quantitative estimate of drug-likeness (QED) is 0.655. The van der Waals surface area contributed by atoms with Gasteiger partial charge >= 0.3 is 0 Å². The average molecular weight is 294 g/mol. The zero-order valence-electron chi connectivity index (χ0n) is 12.7. The van der Waals surface area contributed by atoms with Gasteiger partial charge in [-0.2, -0.15) is 0 Å². The van der Waals surface area contributed by atoms with Gasteiger partial charge in [-0.05, 0) is 46.7 Å². The van der Waals surface area contributed by atoms with Crippen LogP contribution in [0.25, 0.3) is 0 Å². The smallest absolute Gasteiger partial charge is 0.287 e. The second kappa shape index (κ2) is 5.85. The number of rotatable bonds is 4. The summed E-state index contributed by atoms with van der Waals surface area (Å²) >= 11 is 0. The highest BCUT2D eigenvalue weighted by Gasteiger charge is 2.30. The molecule has 1 aromatic heterocycles. The molecule has 0 bridgehead atoms. The van der Waals surface area contributed by atoms with Crippen molar-refractivity contribution in [2.45, 2.75) is 45.2 Å². The molecule has 1 fully saturated rings. The lowest BCUT2D eigenvalue weighted by Gasteiger charge is -2.35. The van der Waals surface area contributed by atoms with Crippen molar-refractivity contribution in [2.75, 3.05) is 13.1 Å².